The van der Waals surface area contributed by atoms with Crippen molar-refractivity contribution in [1.82, 2.24) is 0 Å². The second kappa shape index (κ2) is 7.75. The summed E-state index contributed by atoms with van der Waals surface area (Å²) in [5, 5.41) is 3.97. The largest absolute Gasteiger partial charge is 0.316 e. The third kappa shape index (κ3) is 3.93. The number of aliphatic imine (C=N–C) groups is 1. The number of carbonyl (C=O) groups excluding carboxylic acids is 1. The molecule has 126 valence electrons. The Labute approximate surface area is 147 Å². The zero-order valence-corrected chi connectivity index (χ0v) is 15.2. The van der Waals surface area contributed by atoms with Crippen molar-refractivity contribution in [2.24, 2.45) is 4.99 Å². The average Bonchev–Trinajstić information content (AvgIpc) is 2.89. The van der Waals surface area contributed by atoms with Crippen molar-refractivity contribution < 1.29 is 4.79 Å². The monoisotopic (exact) mass is 340 g/mol. The summed E-state index contributed by atoms with van der Waals surface area (Å²) in [7, 11) is 0. The molecule has 4 heteroatoms. The van der Waals surface area contributed by atoms with Crippen molar-refractivity contribution in [1.29, 1.82) is 0 Å². The molecule has 2 heterocycles. The maximum atomic E-state index is 12.0. The van der Waals surface area contributed by atoms with Crippen molar-refractivity contribution >= 4 is 28.0 Å². The van der Waals surface area contributed by atoms with Gasteiger partial charge in [-0.05, 0) is 25.8 Å². The van der Waals surface area contributed by atoms with Crippen LogP contribution in [0.1, 0.15) is 54.2 Å². The minimum atomic E-state index is -0.0299. The highest BCUT2D eigenvalue weighted by Crippen LogP contribution is 2.33. The van der Waals surface area contributed by atoms with E-state index >= 15 is 0 Å². The highest BCUT2D eigenvalue weighted by molar-refractivity contribution is 7.16. The number of fused-ring (bicyclic) bond motifs is 1. The zero-order valence-electron chi connectivity index (χ0n) is 14.4. The molecule has 1 aliphatic heterocycles. The Bertz CT molecular complexity index is 743. The van der Waals surface area contributed by atoms with E-state index in [1.807, 2.05) is 0 Å². The molecule has 0 atom stereocenters. The third-order valence-corrected chi connectivity index (χ3v) is 5.38. The van der Waals surface area contributed by atoms with Gasteiger partial charge in [-0.25, -0.2) is 0 Å². The lowest BCUT2D eigenvalue weighted by Crippen LogP contribution is -2.12. The standard InChI is InChI=1S/C20H24N2OS/c1-3-4-5-6-7-16-12-17-19(15-10-8-14(2)9-11-15)21-13-18(23)22-20(17)24-16/h8-12H,3-7,13H2,1-2H3,(H,22,23). The molecule has 0 radical (unpaired) electrons. The van der Waals surface area contributed by atoms with Gasteiger partial charge in [0.15, 0.2) is 0 Å². The van der Waals surface area contributed by atoms with Crippen LogP contribution in [-0.2, 0) is 11.2 Å². The summed E-state index contributed by atoms with van der Waals surface area (Å²) < 4.78 is 0. The lowest BCUT2D eigenvalue weighted by atomic mass is 10.0. The quantitative estimate of drug-likeness (QED) is 0.741. The number of nitrogens with one attached hydrogen (secondary N) is 1. The maximum absolute atomic E-state index is 12.0. The number of nitrogens with zero attached hydrogens (tertiary/aromatic N) is 1. The molecule has 3 nitrogen and oxygen atoms in total. The Balaban J connectivity index is 1.88. The van der Waals surface area contributed by atoms with Crippen LogP contribution in [0.4, 0.5) is 5.00 Å². The first-order chi connectivity index (χ1) is 11.7. The van der Waals surface area contributed by atoms with Gasteiger partial charge >= 0.3 is 0 Å². The van der Waals surface area contributed by atoms with Crippen LogP contribution in [-0.4, -0.2) is 18.2 Å². The summed E-state index contributed by atoms with van der Waals surface area (Å²) in [4.78, 5) is 17.9. The lowest BCUT2D eigenvalue weighted by Gasteiger charge is -2.05. The Kier molecular flexibility index (Phi) is 5.46. The normalized spacial score (nSPS) is 13.9. The van der Waals surface area contributed by atoms with Gasteiger partial charge in [-0.3, -0.25) is 9.79 Å². The van der Waals surface area contributed by atoms with Gasteiger partial charge in [-0.2, -0.15) is 0 Å². The summed E-state index contributed by atoms with van der Waals surface area (Å²) >= 11 is 1.70. The van der Waals surface area contributed by atoms with Crippen LogP contribution in [0.2, 0.25) is 0 Å². The van der Waals surface area contributed by atoms with Crippen LogP contribution in [0.15, 0.2) is 35.3 Å². The van der Waals surface area contributed by atoms with E-state index in [9.17, 15) is 4.79 Å². The number of thiophene rings is 1. The first-order valence-electron chi connectivity index (χ1n) is 8.72. The summed E-state index contributed by atoms with van der Waals surface area (Å²) in [6, 6.07) is 10.6. The number of amides is 1. The molecule has 0 saturated heterocycles. The van der Waals surface area contributed by atoms with E-state index in [-0.39, 0.29) is 12.5 Å². The SMILES string of the molecule is CCCCCCc1cc2c(s1)NC(=O)CN=C2c1ccc(C)cc1. The van der Waals surface area contributed by atoms with Crippen LogP contribution < -0.4 is 5.32 Å². The fraction of sp³-hybridized carbons (Fsp3) is 0.400. The van der Waals surface area contributed by atoms with Gasteiger partial charge in [0, 0.05) is 16.0 Å². The van der Waals surface area contributed by atoms with Crippen LogP contribution in [0.25, 0.3) is 0 Å². The van der Waals surface area contributed by atoms with Crippen molar-refractivity contribution in [3.8, 4) is 0 Å². The van der Waals surface area contributed by atoms with Crippen molar-refractivity contribution in [3.63, 3.8) is 0 Å². The molecule has 1 aromatic carbocycles. The first kappa shape index (κ1) is 16.9. The number of anilines is 1. The first-order valence-corrected chi connectivity index (χ1v) is 9.53. The number of rotatable bonds is 6. The van der Waals surface area contributed by atoms with Gasteiger partial charge in [0.05, 0.1) is 5.71 Å². The summed E-state index contributed by atoms with van der Waals surface area (Å²) in [6.07, 6.45) is 6.09. The molecule has 1 aliphatic rings. The second-order valence-corrected chi connectivity index (χ2v) is 7.48. The van der Waals surface area contributed by atoms with E-state index in [1.54, 1.807) is 11.3 Å². The van der Waals surface area contributed by atoms with E-state index in [0.717, 1.165) is 28.3 Å². The fourth-order valence-electron chi connectivity index (χ4n) is 2.92. The highest BCUT2D eigenvalue weighted by atomic mass is 32.1. The Hall–Kier alpha value is -1.94. The second-order valence-electron chi connectivity index (χ2n) is 6.35. The molecule has 3 rings (SSSR count). The molecule has 0 aliphatic carbocycles. The molecule has 0 spiro atoms. The number of benzene rings is 1. The number of unbranched alkanes of at least 4 members (excludes halogenated alkanes) is 3. The predicted molar refractivity (Wildman–Crippen MR) is 102 cm³/mol. The smallest absolute Gasteiger partial charge is 0.246 e. The molecule has 0 saturated carbocycles. The maximum Gasteiger partial charge on any atom is 0.246 e. The number of aryl methyl sites for hydroxylation is 2. The topological polar surface area (TPSA) is 41.5 Å². The van der Waals surface area contributed by atoms with Gasteiger partial charge in [-0.15, -0.1) is 11.3 Å². The van der Waals surface area contributed by atoms with E-state index in [1.165, 1.54) is 36.1 Å². The number of hydrogen-bond acceptors (Lipinski definition) is 3. The zero-order chi connectivity index (χ0) is 16.9. The lowest BCUT2D eigenvalue weighted by molar-refractivity contribution is -0.114. The van der Waals surface area contributed by atoms with Gasteiger partial charge in [0.1, 0.15) is 11.5 Å². The third-order valence-electron chi connectivity index (χ3n) is 4.27. The van der Waals surface area contributed by atoms with Crippen LogP contribution >= 0.6 is 11.3 Å². The van der Waals surface area contributed by atoms with Crippen LogP contribution in [0, 0.1) is 6.92 Å². The summed E-state index contributed by atoms with van der Waals surface area (Å²) in [5.74, 6) is -0.0299. The molecule has 2 aromatic rings. The van der Waals surface area contributed by atoms with E-state index in [2.05, 4.69) is 54.5 Å². The summed E-state index contributed by atoms with van der Waals surface area (Å²) in [5.41, 5.74) is 4.30. The molecule has 1 N–H and O–H groups in total. The minimum absolute atomic E-state index is 0.0299. The molecular formula is C20H24N2OS. The van der Waals surface area contributed by atoms with Crippen molar-refractivity contribution in [2.75, 3.05) is 11.9 Å². The molecule has 1 aromatic heterocycles. The Morgan fingerprint density at radius 3 is 2.71 bits per heavy atom. The molecule has 24 heavy (non-hydrogen) atoms. The van der Waals surface area contributed by atoms with Gasteiger partial charge in [-0.1, -0.05) is 56.0 Å². The van der Waals surface area contributed by atoms with Crippen LogP contribution in [0.3, 0.4) is 0 Å². The van der Waals surface area contributed by atoms with Gasteiger partial charge in [0.25, 0.3) is 0 Å². The highest BCUT2D eigenvalue weighted by Gasteiger charge is 2.21. The van der Waals surface area contributed by atoms with Crippen LogP contribution in [0.5, 0.6) is 0 Å². The molecular weight excluding hydrogens is 316 g/mol. The van der Waals surface area contributed by atoms with E-state index in [0.29, 0.717) is 0 Å². The van der Waals surface area contributed by atoms with Gasteiger partial charge < -0.3 is 5.32 Å². The fourth-order valence-corrected chi connectivity index (χ4v) is 4.04. The van der Waals surface area contributed by atoms with E-state index in [4.69, 9.17) is 0 Å². The van der Waals surface area contributed by atoms with Crippen molar-refractivity contribution in [2.45, 2.75) is 46.0 Å². The molecule has 0 fully saturated rings. The summed E-state index contributed by atoms with van der Waals surface area (Å²) in [6.45, 7) is 4.50. The van der Waals surface area contributed by atoms with Gasteiger partial charge in [0.2, 0.25) is 5.91 Å². The minimum Gasteiger partial charge on any atom is -0.316 e. The van der Waals surface area contributed by atoms with Crippen molar-refractivity contribution in [3.05, 3.63) is 51.9 Å². The predicted octanol–water partition coefficient (Wildman–Crippen LogP) is 4.97. The molecule has 0 unspecified atom stereocenters. The number of hydrogen-bond donors (Lipinski definition) is 1. The Morgan fingerprint density at radius 1 is 1.17 bits per heavy atom. The molecule has 1 amide bonds. The average molecular weight is 340 g/mol. The Morgan fingerprint density at radius 2 is 1.96 bits per heavy atom. The van der Waals surface area contributed by atoms with E-state index < -0.39 is 0 Å². The molecule has 0 bridgehead atoms. The number of carbonyl (C=O) groups is 1.